The lowest BCUT2D eigenvalue weighted by atomic mass is 10.1. The number of hydrogen-bond donors (Lipinski definition) is 2. The van der Waals surface area contributed by atoms with Crippen LogP contribution in [-0.4, -0.2) is 6.17 Å². The zero-order valence-electron chi connectivity index (χ0n) is 6.33. The van der Waals surface area contributed by atoms with E-state index in [0.717, 1.165) is 11.1 Å². The third-order valence-corrected chi connectivity index (χ3v) is 1.51. The van der Waals surface area contributed by atoms with Crippen molar-refractivity contribution < 1.29 is 0 Å². The van der Waals surface area contributed by atoms with Crippen LogP contribution in [0.15, 0.2) is 24.3 Å². The van der Waals surface area contributed by atoms with E-state index in [4.69, 9.17) is 18.4 Å². The van der Waals surface area contributed by atoms with Gasteiger partial charge in [0.2, 0.25) is 0 Å². The molecule has 1 aromatic carbocycles. The maximum absolute atomic E-state index is 5.66. The molecule has 0 bridgehead atoms. The van der Waals surface area contributed by atoms with E-state index >= 15 is 0 Å². The maximum Gasteiger partial charge on any atom is 0.0562 e. The molecule has 1 aromatic rings. The van der Waals surface area contributed by atoms with E-state index in [2.05, 4.69) is 0 Å². The van der Waals surface area contributed by atoms with Crippen molar-refractivity contribution in [3.63, 3.8) is 0 Å². The Balaban J connectivity index is 2.78. The van der Waals surface area contributed by atoms with Crippen molar-refractivity contribution in [1.82, 2.24) is 0 Å². The molecule has 2 radical (unpaired) electrons. The quantitative estimate of drug-likeness (QED) is 0.601. The van der Waals surface area contributed by atoms with Gasteiger partial charge in [-0.25, -0.2) is 0 Å². The van der Waals surface area contributed by atoms with E-state index in [1.165, 1.54) is 0 Å². The fraction of sp³-hybridized carbons (Fsp3) is 0.222. The van der Waals surface area contributed by atoms with Gasteiger partial charge in [0.05, 0.1) is 6.17 Å². The molecule has 0 aliphatic carbocycles. The number of benzene rings is 1. The molecule has 0 saturated carbocycles. The van der Waals surface area contributed by atoms with Gasteiger partial charge in [-0.15, -0.1) is 0 Å². The molecule has 58 valence electrons. The summed E-state index contributed by atoms with van der Waals surface area (Å²) in [6, 6.07) is 7.59. The molecule has 1 rings (SSSR count). The van der Waals surface area contributed by atoms with Crippen molar-refractivity contribution in [2.75, 3.05) is 0 Å². The lowest BCUT2D eigenvalue weighted by molar-refractivity contribution is 0.702. The molecule has 0 unspecified atom stereocenters. The molecular formula is C9H12N2. The monoisotopic (exact) mass is 148 g/mol. The largest absolute Gasteiger partial charge is 0.316 e. The molecule has 0 spiro atoms. The summed E-state index contributed by atoms with van der Waals surface area (Å²) in [5.41, 5.74) is 12.6. The Labute approximate surface area is 67.2 Å². The average Bonchev–Trinajstić information content (AvgIpc) is 1.93. The Hall–Kier alpha value is -0.860. The molecule has 0 heterocycles. The first-order valence-electron chi connectivity index (χ1n) is 3.54. The molecule has 0 atom stereocenters. The standard InChI is InChI=1S/C9H12N2/c1-7-4-2-3-5-8(7)6-9(10)11/h1-5,9H,6,10-11H2. The summed E-state index contributed by atoms with van der Waals surface area (Å²) in [4.78, 5) is 0. The van der Waals surface area contributed by atoms with Crippen molar-refractivity contribution in [3.8, 4) is 0 Å². The molecule has 2 nitrogen and oxygen atoms in total. The number of rotatable bonds is 2. The maximum atomic E-state index is 5.66. The first-order valence-corrected chi connectivity index (χ1v) is 3.54. The second-order valence-electron chi connectivity index (χ2n) is 2.57. The van der Waals surface area contributed by atoms with Crippen LogP contribution in [0, 0.1) is 6.92 Å². The molecule has 0 fully saturated rings. The second kappa shape index (κ2) is 3.51. The predicted molar refractivity (Wildman–Crippen MR) is 45.7 cm³/mol. The second-order valence-corrected chi connectivity index (χ2v) is 2.57. The van der Waals surface area contributed by atoms with Crippen LogP contribution in [0.25, 0.3) is 0 Å². The minimum Gasteiger partial charge on any atom is -0.316 e. The lowest BCUT2D eigenvalue weighted by Crippen LogP contribution is -2.32. The first-order chi connectivity index (χ1) is 5.20. The molecule has 2 heteroatoms. The van der Waals surface area contributed by atoms with E-state index in [-0.39, 0.29) is 6.17 Å². The van der Waals surface area contributed by atoms with E-state index < -0.39 is 0 Å². The molecule has 4 N–H and O–H groups in total. The summed E-state index contributed by atoms with van der Waals surface area (Å²) >= 11 is 0. The third-order valence-electron chi connectivity index (χ3n) is 1.51. The summed E-state index contributed by atoms with van der Waals surface area (Å²) in [6.45, 7) is 5.66. The van der Waals surface area contributed by atoms with Gasteiger partial charge in [0, 0.05) is 6.42 Å². The van der Waals surface area contributed by atoms with E-state index in [1.807, 2.05) is 24.3 Å². The Morgan fingerprint density at radius 2 is 1.91 bits per heavy atom. The summed E-state index contributed by atoms with van der Waals surface area (Å²) in [5, 5.41) is 0. The highest BCUT2D eigenvalue weighted by molar-refractivity contribution is 5.29. The minimum absolute atomic E-state index is 0.320. The van der Waals surface area contributed by atoms with Gasteiger partial charge in [-0.05, 0) is 18.1 Å². The first kappa shape index (κ1) is 8.24. The zero-order chi connectivity index (χ0) is 8.27. The summed E-state index contributed by atoms with van der Waals surface area (Å²) in [6.07, 6.45) is 0.312. The fourth-order valence-corrected chi connectivity index (χ4v) is 0.974. The van der Waals surface area contributed by atoms with Crippen LogP contribution in [0.1, 0.15) is 11.1 Å². The Morgan fingerprint density at radius 3 is 2.45 bits per heavy atom. The van der Waals surface area contributed by atoms with Crippen molar-refractivity contribution in [3.05, 3.63) is 42.3 Å². The van der Waals surface area contributed by atoms with Gasteiger partial charge >= 0.3 is 0 Å². The third kappa shape index (κ3) is 2.33. The summed E-state index contributed by atoms with van der Waals surface area (Å²) in [5.74, 6) is 0. The van der Waals surface area contributed by atoms with Gasteiger partial charge in [0.15, 0.2) is 0 Å². The minimum atomic E-state index is -0.320. The molecule has 11 heavy (non-hydrogen) atoms. The van der Waals surface area contributed by atoms with Crippen LogP contribution in [0.2, 0.25) is 0 Å². The van der Waals surface area contributed by atoms with Crippen molar-refractivity contribution in [1.29, 1.82) is 0 Å². The fourth-order valence-electron chi connectivity index (χ4n) is 0.974. The van der Waals surface area contributed by atoms with Crippen molar-refractivity contribution >= 4 is 0 Å². The van der Waals surface area contributed by atoms with Crippen LogP contribution in [0.5, 0.6) is 0 Å². The van der Waals surface area contributed by atoms with Crippen LogP contribution in [-0.2, 0) is 6.42 Å². The molecule has 0 amide bonds. The van der Waals surface area contributed by atoms with Crippen LogP contribution in [0.4, 0.5) is 0 Å². The predicted octanol–water partition coefficient (Wildman–Crippen LogP) is 0.532. The smallest absolute Gasteiger partial charge is 0.0562 e. The number of nitrogens with two attached hydrogens (primary N) is 2. The van der Waals surface area contributed by atoms with Gasteiger partial charge in [-0.1, -0.05) is 24.3 Å². The SMILES string of the molecule is [CH]c1ccccc1CC(N)N. The van der Waals surface area contributed by atoms with Gasteiger partial charge in [-0.3, -0.25) is 0 Å². The van der Waals surface area contributed by atoms with Gasteiger partial charge in [-0.2, -0.15) is 0 Å². The normalized spacial score (nSPS) is 10.5. The average molecular weight is 148 g/mol. The highest BCUT2D eigenvalue weighted by atomic mass is 14.8. The van der Waals surface area contributed by atoms with E-state index in [9.17, 15) is 0 Å². The molecule has 0 saturated heterocycles. The molecule has 0 aliphatic rings. The van der Waals surface area contributed by atoms with Crippen molar-refractivity contribution in [2.45, 2.75) is 12.6 Å². The zero-order valence-corrected chi connectivity index (χ0v) is 6.33. The van der Waals surface area contributed by atoms with Crippen molar-refractivity contribution in [2.24, 2.45) is 11.5 Å². The molecule has 0 aromatic heterocycles. The molecule has 0 aliphatic heterocycles. The summed E-state index contributed by atoms with van der Waals surface area (Å²) < 4.78 is 0. The molecular weight excluding hydrogens is 136 g/mol. The van der Waals surface area contributed by atoms with E-state index in [1.54, 1.807) is 0 Å². The van der Waals surface area contributed by atoms with Gasteiger partial charge in [0.1, 0.15) is 0 Å². The highest BCUT2D eigenvalue weighted by Crippen LogP contribution is 2.07. The Kier molecular flexibility index (Phi) is 2.63. The Morgan fingerprint density at radius 1 is 1.27 bits per heavy atom. The topological polar surface area (TPSA) is 52.0 Å². The van der Waals surface area contributed by atoms with Gasteiger partial charge < -0.3 is 11.5 Å². The number of hydrogen-bond acceptors (Lipinski definition) is 2. The van der Waals surface area contributed by atoms with Crippen LogP contribution >= 0.6 is 0 Å². The Bertz CT molecular complexity index is 231. The summed E-state index contributed by atoms with van der Waals surface area (Å²) in [7, 11) is 0. The van der Waals surface area contributed by atoms with Crippen LogP contribution in [0.3, 0.4) is 0 Å². The van der Waals surface area contributed by atoms with Gasteiger partial charge in [0.25, 0.3) is 0 Å². The highest BCUT2D eigenvalue weighted by Gasteiger charge is 1.99. The van der Waals surface area contributed by atoms with E-state index in [0.29, 0.717) is 6.42 Å². The lowest BCUT2D eigenvalue weighted by Gasteiger charge is -2.07. The van der Waals surface area contributed by atoms with Crippen LogP contribution < -0.4 is 11.5 Å².